The van der Waals surface area contributed by atoms with Crippen LogP contribution in [0.2, 0.25) is 0 Å². The molecule has 0 saturated carbocycles. The number of likely N-dealkylation sites (tertiary alicyclic amines) is 1. The third-order valence-corrected chi connectivity index (χ3v) is 5.79. The van der Waals surface area contributed by atoms with Crippen molar-refractivity contribution in [1.29, 1.82) is 0 Å². The highest BCUT2D eigenvalue weighted by atomic mass is 19.1. The summed E-state index contributed by atoms with van der Waals surface area (Å²) in [6.45, 7) is 5.58. The summed E-state index contributed by atoms with van der Waals surface area (Å²) < 4.78 is 13.0. The van der Waals surface area contributed by atoms with Crippen molar-refractivity contribution in [3.63, 3.8) is 0 Å². The predicted molar refractivity (Wildman–Crippen MR) is 116 cm³/mol. The summed E-state index contributed by atoms with van der Waals surface area (Å²) in [6, 6.07) is 10.9. The number of nitrogens with one attached hydrogen (secondary N) is 1. The predicted octanol–water partition coefficient (Wildman–Crippen LogP) is 3.67. The molecule has 2 amide bonds. The second-order valence-electron chi connectivity index (χ2n) is 8.07. The molecule has 1 aromatic heterocycles. The van der Waals surface area contributed by atoms with Crippen molar-refractivity contribution in [2.75, 3.05) is 19.6 Å². The fourth-order valence-corrected chi connectivity index (χ4v) is 3.90. The van der Waals surface area contributed by atoms with Crippen LogP contribution in [0.3, 0.4) is 0 Å². The molecule has 31 heavy (non-hydrogen) atoms. The van der Waals surface area contributed by atoms with Crippen molar-refractivity contribution in [3.05, 3.63) is 70.8 Å². The van der Waals surface area contributed by atoms with Crippen LogP contribution < -0.4 is 5.32 Å². The Hall–Kier alpha value is -3.35. The molecule has 7 heteroatoms. The molecule has 160 valence electrons. The quantitative estimate of drug-likeness (QED) is 0.699. The van der Waals surface area contributed by atoms with Gasteiger partial charge < -0.3 is 10.2 Å². The van der Waals surface area contributed by atoms with E-state index in [-0.39, 0.29) is 23.5 Å². The molecule has 4 rings (SSSR count). The summed E-state index contributed by atoms with van der Waals surface area (Å²) in [7, 11) is 0. The van der Waals surface area contributed by atoms with Crippen LogP contribution in [0.25, 0.3) is 11.0 Å². The van der Waals surface area contributed by atoms with Gasteiger partial charge in [-0.15, -0.1) is 0 Å². The first kappa shape index (κ1) is 20.9. The zero-order valence-electron chi connectivity index (χ0n) is 17.7. The van der Waals surface area contributed by atoms with E-state index in [2.05, 4.69) is 15.3 Å². The molecule has 1 aliphatic rings. The van der Waals surface area contributed by atoms with Gasteiger partial charge in [-0.3, -0.25) is 9.59 Å². The van der Waals surface area contributed by atoms with E-state index in [4.69, 9.17) is 0 Å². The van der Waals surface area contributed by atoms with Gasteiger partial charge in [0.2, 0.25) is 0 Å². The first-order chi connectivity index (χ1) is 14.9. The van der Waals surface area contributed by atoms with E-state index < -0.39 is 0 Å². The molecule has 0 radical (unpaired) electrons. The first-order valence-corrected chi connectivity index (χ1v) is 10.5. The fraction of sp³-hybridized carbons (Fsp3) is 0.333. The molecule has 1 atom stereocenters. The number of hydrogen-bond donors (Lipinski definition) is 1. The molecule has 3 aromatic rings. The minimum Gasteiger partial charge on any atom is -0.352 e. The standard InChI is InChI=1S/C24H25FN4O2/c1-15-16(2)28-22-12-19(7-10-21(22)27-15)24(31)29-11-3-4-17(14-29)13-26-23(30)18-5-8-20(25)9-6-18/h5-10,12,17H,3-4,11,13-14H2,1-2H3,(H,26,30). The highest BCUT2D eigenvalue weighted by molar-refractivity contribution is 5.97. The van der Waals surface area contributed by atoms with Crippen molar-refractivity contribution in [2.24, 2.45) is 5.92 Å². The Morgan fingerprint density at radius 1 is 1.03 bits per heavy atom. The van der Waals surface area contributed by atoms with Crippen molar-refractivity contribution < 1.29 is 14.0 Å². The number of aryl methyl sites for hydroxylation is 2. The van der Waals surface area contributed by atoms with Crippen molar-refractivity contribution in [3.8, 4) is 0 Å². The number of fused-ring (bicyclic) bond motifs is 1. The molecule has 0 bridgehead atoms. The molecule has 1 N–H and O–H groups in total. The molecule has 6 nitrogen and oxygen atoms in total. The topological polar surface area (TPSA) is 75.2 Å². The van der Waals surface area contributed by atoms with Crippen LogP contribution in [-0.2, 0) is 0 Å². The summed E-state index contributed by atoms with van der Waals surface area (Å²) in [6.07, 6.45) is 1.82. The van der Waals surface area contributed by atoms with Crippen LogP contribution >= 0.6 is 0 Å². The normalized spacial score (nSPS) is 16.4. The maximum Gasteiger partial charge on any atom is 0.253 e. The Kier molecular flexibility index (Phi) is 5.93. The molecule has 0 aliphatic carbocycles. The molecule has 2 heterocycles. The number of amides is 2. The molecule has 1 saturated heterocycles. The van der Waals surface area contributed by atoms with E-state index in [9.17, 15) is 14.0 Å². The second-order valence-corrected chi connectivity index (χ2v) is 8.07. The molecule has 1 aliphatic heterocycles. The van der Waals surface area contributed by atoms with Gasteiger partial charge >= 0.3 is 0 Å². The second kappa shape index (κ2) is 8.79. The Balaban J connectivity index is 1.40. The minimum absolute atomic E-state index is 0.0310. The van der Waals surface area contributed by atoms with E-state index in [0.717, 1.165) is 29.7 Å². The molecule has 1 unspecified atom stereocenters. The number of piperidine rings is 1. The molecule has 2 aromatic carbocycles. The van der Waals surface area contributed by atoms with Gasteiger partial charge in [-0.05, 0) is 75.1 Å². The van der Waals surface area contributed by atoms with Gasteiger partial charge in [0.25, 0.3) is 11.8 Å². The van der Waals surface area contributed by atoms with Crippen LogP contribution in [0.1, 0.15) is 44.9 Å². The lowest BCUT2D eigenvalue weighted by atomic mass is 9.97. The zero-order valence-corrected chi connectivity index (χ0v) is 17.7. The largest absolute Gasteiger partial charge is 0.352 e. The molecule has 0 spiro atoms. The minimum atomic E-state index is -0.372. The van der Waals surface area contributed by atoms with E-state index in [1.54, 1.807) is 12.1 Å². The third-order valence-electron chi connectivity index (χ3n) is 5.79. The monoisotopic (exact) mass is 420 g/mol. The average molecular weight is 420 g/mol. The Morgan fingerprint density at radius 2 is 1.71 bits per heavy atom. The maximum absolute atomic E-state index is 13.1. The highest BCUT2D eigenvalue weighted by Crippen LogP contribution is 2.20. The third kappa shape index (κ3) is 4.71. The lowest BCUT2D eigenvalue weighted by Gasteiger charge is -2.33. The summed E-state index contributed by atoms with van der Waals surface area (Å²) in [5, 5.41) is 2.91. The smallest absolute Gasteiger partial charge is 0.253 e. The summed E-state index contributed by atoms with van der Waals surface area (Å²) in [5.41, 5.74) is 4.25. The lowest BCUT2D eigenvalue weighted by molar-refractivity contribution is 0.0671. The van der Waals surface area contributed by atoms with Gasteiger partial charge in [0.05, 0.1) is 22.4 Å². The highest BCUT2D eigenvalue weighted by Gasteiger charge is 2.25. The van der Waals surface area contributed by atoms with Gasteiger partial charge in [-0.1, -0.05) is 0 Å². The van der Waals surface area contributed by atoms with Gasteiger partial charge in [0, 0.05) is 30.8 Å². The van der Waals surface area contributed by atoms with Crippen LogP contribution in [0.5, 0.6) is 0 Å². The average Bonchev–Trinajstić information content (AvgIpc) is 2.78. The Labute approximate surface area is 180 Å². The van der Waals surface area contributed by atoms with Gasteiger partial charge in [0.15, 0.2) is 0 Å². The number of rotatable bonds is 4. The van der Waals surface area contributed by atoms with E-state index in [0.29, 0.717) is 36.3 Å². The first-order valence-electron chi connectivity index (χ1n) is 10.5. The maximum atomic E-state index is 13.1. The van der Waals surface area contributed by atoms with Gasteiger partial charge in [-0.25, -0.2) is 14.4 Å². The van der Waals surface area contributed by atoms with Crippen molar-refractivity contribution in [2.45, 2.75) is 26.7 Å². The fourth-order valence-electron chi connectivity index (χ4n) is 3.90. The zero-order chi connectivity index (χ0) is 22.0. The summed E-state index contributed by atoms with van der Waals surface area (Å²) >= 11 is 0. The van der Waals surface area contributed by atoms with Crippen molar-refractivity contribution in [1.82, 2.24) is 20.2 Å². The number of carbonyl (C=O) groups excluding carboxylic acids is 2. The van der Waals surface area contributed by atoms with E-state index in [1.807, 2.05) is 24.8 Å². The lowest BCUT2D eigenvalue weighted by Crippen LogP contribution is -2.43. The SMILES string of the molecule is Cc1nc2ccc(C(=O)N3CCCC(CNC(=O)c4ccc(F)cc4)C3)cc2nc1C. The number of nitrogens with zero attached hydrogens (tertiary/aromatic N) is 3. The number of halogens is 1. The molecular formula is C24H25FN4O2. The van der Waals surface area contributed by atoms with Crippen LogP contribution in [-0.4, -0.2) is 46.3 Å². The molecular weight excluding hydrogens is 395 g/mol. The van der Waals surface area contributed by atoms with Crippen LogP contribution in [0.15, 0.2) is 42.5 Å². The van der Waals surface area contributed by atoms with E-state index >= 15 is 0 Å². The van der Waals surface area contributed by atoms with Crippen molar-refractivity contribution >= 4 is 22.8 Å². The summed E-state index contributed by atoms with van der Waals surface area (Å²) in [4.78, 5) is 36.3. The van der Waals surface area contributed by atoms with Crippen LogP contribution in [0, 0.1) is 25.6 Å². The molecule has 1 fully saturated rings. The number of benzene rings is 2. The summed E-state index contributed by atoms with van der Waals surface area (Å²) in [5.74, 6) is -0.464. The van der Waals surface area contributed by atoms with E-state index in [1.165, 1.54) is 24.3 Å². The van der Waals surface area contributed by atoms with Gasteiger partial charge in [-0.2, -0.15) is 0 Å². The van der Waals surface area contributed by atoms with Gasteiger partial charge in [0.1, 0.15) is 5.82 Å². The number of hydrogen-bond acceptors (Lipinski definition) is 4. The number of aromatic nitrogens is 2. The number of carbonyl (C=O) groups is 2. The Bertz CT molecular complexity index is 1130. The van der Waals surface area contributed by atoms with Crippen LogP contribution in [0.4, 0.5) is 4.39 Å². The Morgan fingerprint density at radius 3 is 2.45 bits per heavy atom.